The number of urea groups is 1. The fourth-order valence-corrected chi connectivity index (χ4v) is 7.06. The first-order valence-electron chi connectivity index (χ1n) is 11.0. The van der Waals surface area contributed by atoms with Crippen LogP contribution < -0.4 is 10.6 Å². The molecule has 0 unspecified atom stereocenters. The van der Waals surface area contributed by atoms with Gasteiger partial charge >= 0.3 is 6.03 Å². The molecule has 5 fully saturated rings. The first-order chi connectivity index (χ1) is 13.5. The molecule has 6 rings (SSSR count). The zero-order chi connectivity index (χ0) is 19.3. The predicted molar refractivity (Wildman–Crippen MR) is 107 cm³/mol. The van der Waals surface area contributed by atoms with E-state index >= 15 is 0 Å². The second kappa shape index (κ2) is 6.90. The second-order valence-electron chi connectivity index (χ2n) is 9.87. The molecule has 1 aromatic rings. The Labute approximate surface area is 167 Å². The molecule has 2 heterocycles. The van der Waals surface area contributed by atoms with Crippen LogP contribution in [0.15, 0.2) is 18.3 Å². The van der Waals surface area contributed by atoms with Crippen LogP contribution in [0.25, 0.3) is 0 Å². The van der Waals surface area contributed by atoms with E-state index in [9.17, 15) is 9.59 Å². The summed E-state index contributed by atoms with van der Waals surface area (Å²) in [6, 6.07) is 4.14. The maximum Gasteiger partial charge on any atom is 0.321 e. The molecule has 4 bridgehead atoms. The van der Waals surface area contributed by atoms with E-state index in [-0.39, 0.29) is 30.1 Å². The zero-order valence-electron chi connectivity index (χ0n) is 16.8. The molecule has 1 atom stereocenters. The maximum absolute atomic E-state index is 12.6. The normalized spacial score (nSPS) is 36.6. The van der Waals surface area contributed by atoms with Gasteiger partial charge in [0.05, 0.1) is 12.6 Å². The van der Waals surface area contributed by atoms with E-state index in [2.05, 4.69) is 26.2 Å². The Hall–Kier alpha value is -1.82. The van der Waals surface area contributed by atoms with Gasteiger partial charge in [-0.2, -0.15) is 0 Å². The molecule has 5 aliphatic rings. The van der Waals surface area contributed by atoms with Crippen LogP contribution in [0.5, 0.6) is 0 Å². The molecule has 1 aliphatic heterocycles. The summed E-state index contributed by atoms with van der Waals surface area (Å²) in [5, 5.41) is 5.86. The minimum Gasteiger partial charge on any atom is -0.353 e. The minimum atomic E-state index is -0.290. The van der Waals surface area contributed by atoms with E-state index in [4.69, 9.17) is 0 Å². The molecule has 152 valence electrons. The number of nitrogens with zero attached hydrogens (tertiary/aromatic N) is 2. The van der Waals surface area contributed by atoms with Gasteiger partial charge in [0.25, 0.3) is 0 Å². The highest BCUT2D eigenvalue weighted by Crippen LogP contribution is 2.55. The average Bonchev–Trinajstić information content (AvgIpc) is 3.21. The molecule has 2 N–H and O–H groups in total. The van der Waals surface area contributed by atoms with Gasteiger partial charge in [-0.25, -0.2) is 4.79 Å². The monoisotopic (exact) mass is 384 g/mol. The molecule has 0 aromatic carbocycles. The summed E-state index contributed by atoms with van der Waals surface area (Å²) < 4.78 is 2.13. The second-order valence-corrected chi connectivity index (χ2v) is 9.87. The summed E-state index contributed by atoms with van der Waals surface area (Å²) >= 11 is 0. The summed E-state index contributed by atoms with van der Waals surface area (Å²) in [7, 11) is 2.05. The average molecular weight is 385 g/mol. The van der Waals surface area contributed by atoms with Crippen molar-refractivity contribution < 1.29 is 9.59 Å². The number of hydrogen-bond acceptors (Lipinski definition) is 3. The van der Waals surface area contributed by atoms with Crippen molar-refractivity contribution in [3.8, 4) is 0 Å². The number of carbonyl (C=O) groups is 2. The van der Waals surface area contributed by atoms with Crippen LogP contribution in [0.3, 0.4) is 0 Å². The standard InChI is InChI=1S/C22H32N4O2/c1-25-6-2-4-18(25)19-5-3-7-26(19)14-20(27)23-21(28)24-22-11-15-8-16(12-22)10-17(9-15)13-22/h2,4,6,15-17,19H,3,5,7-14H2,1H3,(H2,23,24,27,28)/t15?,16?,17?,19-,22?/m1/s1. The topological polar surface area (TPSA) is 66.4 Å². The Morgan fingerprint density at radius 2 is 1.82 bits per heavy atom. The Kier molecular flexibility index (Phi) is 4.49. The molecule has 4 saturated carbocycles. The Morgan fingerprint density at radius 1 is 1.14 bits per heavy atom. The first-order valence-corrected chi connectivity index (χ1v) is 11.0. The fraction of sp³-hybridized carbons (Fsp3) is 0.727. The van der Waals surface area contributed by atoms with Crippen molar-refractivity contribution in [1.82, 2.24) is 20.1 Å². The number of amides is 3. The van der Waals surface area contributed by atoms with Crippen LogP contribution in [0, 0.1) is 17.8 Å². The third-order valence-corrected chi connectivity index (χ3v) is 7.71. The largest absolute Gasteiger partial charge is 0.353 e. The van der Waals surface area contributed by atoms with Gasteiger partial charge in [0.1, 0.15) is 0 Å². The third-order valence-electron chi connectivity index (χ3n) is 7.71. The highest BCUT2D eigenvalue weighted by atomic mass is 16.2. The molecular formula is C22H32N4O2. The lowest BCUT2D eigenvalue weighted by atomic mass is 9.53. The van der Waals surface area contributed by atoms with Gasteiger partial charge in [0.2, 0.25) is 5.91 Å². The van der Waals surface area contributed by atoms with Crippen molar-refractivity contribution in [3.05, 3.63) is 24.0 Å². The van der Waals surface area contributed by atoms with E-state index in [1.54, 1.807) is 0 Å². The van der Waals surface area contributed by atoms with E-state index in [0.717, 1.165) is 56.4 Å². The molecule has 3 amide bonds. The van der Waals surface area contributed by atoms with Crippen molar-refractivity contribution in [2.24, 2.45) is 24.8 Å². The Balaban J connectivity index is 1.17. The van der Waals surface area contributed by atoms with E-state index in [1.807, 2.05) is 19.3 Å². The number of nitrogens with one attached hydrogen (secondary N) is 2. The molecule has 1 saturated heterocycles. The minimum absolute atomic E-state index is 0.0572. The molecule has 0 spiro atoms. The van der Waals surface area contributed by atoms with E-state index in [1.165, 1.54) is 25.0 Å². The molecule has 6 nitrogen and oxygen atoms in total. The number of aryl methyl sites for hydroxylation is 1. The van der Waals surface area contributed by atoms with Crippen LogP contribution in [-0.4, -0.2) is 40.0 Å². The van der Waals surface area contributed by atoms with E-state index < -0.39 is 0 Å². The number of aromatic nitrogens is 1. The Bertz CT molecular complexity index is 735. The zero-order valence-corrected chi connectivity index (χ0v) is 16.8. The molecular weight excluding hydrogens is 352 g/mol. The molecule has 28 heavy (non-hydrogen) atoms. The molecule has 6 heteroatoms. The van der Waals surface area contributed by atoms with Crippen LogP contribution in [0.4, 0.5) is 4.79 Å². The number of rotatable bonds is 4. The number of likely N-dealkylation sites (tertiary alicyclic amines) is 1. The number of hydrogen-bond donors (Lipinski definition) is 2. The van der Waals surface area contributed by atoms with Gasteiger partial charge in [0, 0.05) is 24.5 Å². The highest BCUT2D eigenvalue weighted by Gasteiger charge is 2.51. The first kappa shape index (κ1) is 18.2. The van der Waals surface area contributed by atoms with Crippen LogP contribution in [0.1, 0.15) is 63.1 Å². The summed E-state index contributed by atoms with van der Waals surface area (Å²) in [4.78, 5) is 27.4. The Morgan fingerprint density at radius 3 is 2.43 bits per heavy atom. The predicted octanol–water partition coefficient (Wildman–Crippen LogP) is 2.96. The SMILES string of the molecule is Cn1cccc1[C@H]1CCCN1CC(=O)NC(=O)NC12CC3CC(CC(C3)C1)C2. The van der Waals surface area contributed by atoms with Gasteiger partial charge in [-0.1, -0.05) is 0 Å². The van der Waals surface area contributed by atoms with Crippen molar-refractivity contribution in [3.63, 3.8) is 0 Å². The maximum atomic E-state index is 12.6. The quantitative estimate of drug-likeness (QED) is 0.839. The molecule has 0 radical (unpaired) electrons. The lowest BCUT2D eigenvalue weighted by Crippen LogP contribution is -2.62. The summed E-state index contributed by atoms with van der Waals surface area (Å²) in [5.41, 5.74) is 1.18. The number of imide groups is 1. The lowest BCUT2D eigenvalue weighted by Gasteiger charge is -2.56. The van der Waals surface area contributed by atoms with Gasteiger partial charge in [-0.15, -0.1) is 0 Å². The van der Waals surface area contributed by atoms with Gasteiger partial charge < -0.3 is 9.88 Å². The van der Waals surface area contributed by atoms with Crippen molar-refractivity contribution in [2.75, 3.05) is 13.1 Å². The van der Waals surface area contributed by atoms with Gasteiger partial charge in [-0.3, -0.25) is 15.0 Å². The van der Waals surface area contributed by atoms with Crippen molar-refractivity contribution in [1.29, 1.82) is 0 Å². The summed E-state index contributed by atoms with van der Waals surface area (Å²) in [5.74, 6) is 2.14. The lowest BCUT2D eigenvalue weighted by molar-refractivity contribution is -0.121. The smallest absolute Gasteiger partial charge is 0.321 e. The fourth-order valence-electron chi connectivity index (χ4n) is 7.06. The van der Waals surface area contributed by atoms with Gasteiger partial charge in [0.15, 0.2) is 0 Å². The van der Waals surface area contributed by atoms with Crippen molar-refractivity contribution >= 4 is 11.9 Å². The third kappa shape index (κ3) is 3.36. The molecule has 4 aliphatic carbocycles. The van der Waals surface area contributed by atoms with Crippen LogP contribution >= 0.6 is 0 Å². The highest BCUT2D eigenvalue weighted by molar-refractivity contribution is 5.95. The van der Waals surface area contributed by atoms with Crippen LogP contribution in [-0.2, 0) is 11.8 Å². The summed E-state index contributed by atoms with van der Waals surface area (Å²) in [6.07, 6.45) is 11.5. The van der Waals surface area contributed by atoms with Crippen LogP contribution in [0.2, 0.25) is 0 Å². The number of carbonyl (C=O) groups excluding carboxylic acids is 2. The van der Waals surface area contributed by atoms with E-state index in [0.29, 0.717) is 0 Å². The van der Waals surface area contributed by atoms with Crippen molar-refractivity contribution in [2.45, 2.75) is 62.9 Å². The summed E-state index contributed by atoms with van der Waals surface area (Å²) in [6.45, 7) is 1.18. The molecule has 1 aromatic heterocycles. The van der Waals surface area contributed by atoms with Gasteiger partial charge in [-0.05, 0) is 87.8 Å².